The number of likely N-dealkylation sites (tertiary alicyclic amines) is 1. The first-order valence-electron chi connectivity index (χ1n) is 7.89. The summed E-state index contributed by atoms with van der Waals surface area (Å²) in [4.78, 5) is 29.4. The molecular formula is C15H27N3O4. The summed E-state index contributed by atoms with van der Waals surface area (Å²) < 4.78 is 9.68. The molecule has 0 saturated carbocycles. The zero-order valence-corrected chi connectivity index (χ0v) is 13.8. The Morgan fingerprint density at radius 1 is 1.27 bits per heavy atom. The second-order valence-electron chi connectivity index (χ2n) is 5.08. The maximum absolute atomic E-state index is 11.7. The van der Waals surface area contributed by atoms with Crippen molar-refractivity contribution in [1.82, 2.24) is 10.2 Å². The molecule has 0 aromatic heterocycles. The molecule has 126 valence electrons. The molecule has 22 heavy (non-hydrogen) atoms. The molecule has 0 aliphatic carbocycles. The van der Waals surface area contributed by atoms with Gasteiger partial charge in [0, 0.05) is 19.6 Å². The number of carbonyl (C=O) groups excluding carboxylic acids is 2. The average Bonchev–Trinajstić information content (AvgIpc) is 2.54. The molecule has 1 N–H and O–H groups in total. The average molecular weight is 313 g/mol. The Hall–Kier alpha value is -1.79. The summed E-state index contributed by atoms with van der Waals surface area (Å²) >= 11 is 0. The van der Waals surface area contributed by atoms with Crippen LogP contribution in [0, 0.1) is 5.92 Å². The number of guanidine groups is 1. The van der Waals surface area contributed by atoms with Crippen LogP contribution in [0.2, 0.25) is 0 Å². The van der Waals surface area contributed by atoms with Crippen LogP contribution in [-0.4, -0.2) is 62.7 Å². The van der Waals surface area contributed by atoms with Crippen molar-refractivity contribution >= 4 is 17.9 Å². The lowest BCUT2D eigenvalue weighted by Crippen LogP contribution is -2.46. The third-order valence-corrected chi connectivity index (χ3v) is 3.55. The number of hydrogen-bond acceptors (Lipinski definition) is 5. The maximum atomic E-state index is 11.7. The molecular weight excluding hydrogens is 286 g/mol. The predicted octanol–water partition coefficient (Wildman–Crippen LogP) is 0.790. The van der Waals surface area contributed by atoms with E-state index in [2.05, 4.69) is 19.9 Å². The lowest BCUT2D eigenvalue weighted by atomic mass is 9.97. The quantitative estimate of drug-likeness (QED) is 0.444. The molecule has 0 amide bonds. The van der Waals surface area contributed by atoms with Crippen LogP contribution in [0.1, 0.15) is 33.1 Å². The topological polar surface area (TPSA) is 80.2 Å². The molecule has 7 nitrogen and oxygen atoms in total. The van der Waals surface area contributed by atoms with Gasteiger partial charge in [0.25, 0.3) is 0 Å². The second kappa shape index (κ2) is 10.0. The molecule has 1 heterocycles. The fourth-order valence-corrected chi connectivity index (χ4v) is 2.37. The van der Waals surface area contributed by atoms with Gasteiger partial charge in [0.15, 0.2) is 5.96 Å². The zero-order chi connectivity index (χ0) is 16.4. The molecule has 0 unspecified atom stereocenters. The highest BCUT2D eigenvalue weighted by atomic mass is 16.5. The van der Waals surface area contributed by atoms with Crippen molar-refractivity contribution in [2.45, 2.75) is 33.1 Å². The highest BCUT2D eigenvalue weighted by molar-refractivity contribution is 5.81. The summed E-state index contributed by atoms with van der Waals surface area (Å²) in [7, 11) is 1.37. The predicted molar refractivity (Wildman–Crippen MR) is 83.5 cm³/mol. The highest BCUT2D eigenvalue weighted by Crippen LogP contribution is 2.18. The van der Waals surface area contributed by atoms with Gasteiger partial charge in [-0.05, 0) is 26.7 Å². The Balaban J connectivity index is 2.50. The van der Waals surface area contributed by atoms with Gasteiger partial charge in [0.1, 0.15) is 0 Å². The van der Waals surface area contributed by atoms with Crippen LogP contribution in [0.5, 0.6) is 0 Å². The van der Waals surface area contributed by atoms with Gasteiger partial charge in [-0.3, -0.25) is 14.6 Å². The largest absolute Gasteiger partial charge is 0.469 e. The minimum atomic E-state index is -0.263. The first kappa shape index (κ1) is 18.3. The van der Waals surface area contributed by atoms with Crippen molar-refractivity contribution in [3.63, 3.8) is 0 Å². The maximum Gasteiger partial charge on any atom is 0.309 e. The molecule has 0 bridgehead atoms. The highest BCUT2D eigenvalue weighted by Gasteiger charge is 2.27. The van der Waals surface area contributed by atoms with E-state index in [9.17, 15) is 9.59 Å². The first-order valence-corrected chi connectivity index (χ1v) is 7.89. The van der Waals surface area contributed by atoms with Crippen LogP contribution < -0.4 is 5.32 Å². The summed E-state index contributed by atoms with van der Waals surface area (Å²) in [5.41, 5.74) is 0. The van der Waals surface area contributed by atoms with E-state index >= 15 is 0 Å². The van der Waals surface area contributed by atoms with Gasteiger partial charge in [-0.1, -0.05) is 0 Å². The molecule has 0 atom stereocenters. The van der Waals surface area contributed by atoms with Crippen LogP contribution >= 0.6 is 0 Å². The van der Waals surface area contributed by atoms with E-state index in [-0.39, 0.29) is 24.3 Å². The van der Waals surface area contributed by atoms with Gasteiger partial charge in [0.05, 0.1) is 32.6 Å². The molecule has 0 spiro atoms. The number of carbonyl (C=O) groups is 2. The van der Waals surface area contributed by atoms with Crippen molar-refractivity contribution in [3.05, 3.63) is 0 Å². The van der Waals surface area contributed by atoms with E-state index in [1.54, 1.807) is 0 Å². The van der Waals surface area contributed by atoms with Gasteiger partial charge >= 0.3 is 11.9 Å². The van der Waals surface area contributed by atoms with Gasteiger partial charge in [-0.15, -0.1) is 0 Å². The van der Waals surface area contributed by atoms with Gasteiger partial charge in [0.2, 0.25) is 0 Å². The van der Waals surface area contributed by atoms with Crippen molar-refractivity contribution in [1.29, 1.82) is 0 Å². The van der Waals surface area contributed by atoms with Crippen LogP contribution in [0.4, 0.5) is 0 Å². The van der Waals surface area contributed by atoms with Gasteiger partial charge in [-0.25, -0.2) is 0 Å². The van der Waals surface area contributed by atoms with Crippen molar-refractivity contribution in [2.75, 3.05) is 39.9 Å². The third-order valence-electron chi connectivity index (χ3n) is 3.55. The number of nitrogens with zero attached hydrogens (tertiary/aromatic N) is 2. The Kier molecular flexibility index (Phi) is 8.32. The van der Waals surface area contributed by atoms with Crippen LogP contribution in [0.25, 0.3) is 0 Å². The number of esters is 2. The van der Waals surface area contributed by atoms with Crippen LogP contribution in [-0.2, 0) is 19.1 Å². The molecule has 1 aliphatic rings. The fourth-order valence-electron chi connectivity index (χ4n) is 2.37. The fraction of sp³-hybridized carbons (Fsp3) is 0.800. The van der Waals surface area contributed by atoms with E-state index < -0.39 is 0 Å². The SMILES string of the molecule is CCNC(=NCCC(=O)OC)N1CCC(C(=O)OCC)CC1. The number of hydrogen-bond donors (Lipinski definition) is 1. The lowest BCUT2D eigenvalue weighted by molar-refractivity contribution is -0.149. The molecule has 1 fully saturated rings. The number of nitrogens with one attached hydrogen (secondary N) is 1. The van der Waals surface area contributed by atoms with E-state index in [4.69, 9.17) is 4.74 Å². The number of methoxy groups -OCH3 is 1. The standard InChI is InChI=1S/C15H27N3O4/c1-4-16-15(17-9-6-13(19)21-3)18-10-7-12(8-11-18)14(20)22-5-2/h12H,4-11H2,1-3H3,(H,16,17). The number of piperidine rings is 1. The summed E-state index contributed by atoms with van der Waals surface area (Å²) in [5, 5.41) is 3.22. The Labute approximate surface area is 132 Å². The van der Waals surface area contributed by atoms with E-state index in [0.717, 1.165) is 38.4 Å². The zero-order valence-electron chi connectivity index (χ0n) is 13.8. The van der Waals surface area contributed by atoms with Crippen molar-refractivity contribution < 1.29 is 19.1 Å². The van der Waals surface area contributed by atoms with Gasteiger partial charge < -0.3 is 19.7 Å². The molecule has 7 heteroatoms. The Morgan fingerprint density at radius 2 is 1.95 bits per heavy atom. The monoisotopic (exact) mass is 313 g/mol. The second-order valence-corrected chi connectivity index (χ2v) is 5.08. The van der Waals surface area contributed by atoms with E-state index in [1.807, 2.05) is 13.8 Å². The minimum Gasteiger partial charge on any atom is -0.469 e. The number of aliphatic imine (C=N–C) groups is 1. The number of rotatable bonds is 6. The van der Waals surface area contributed by atoms with Crippen LogP contribution in [0.3, 0.4) is 0 Å². The Bertz CT molecular complexity index is 390. The molecule has 0 aromatic rings. The van der Waals surface area contributed by atoms with Crippen molar-refractivity contribution in [2.24, 2.45) is 10.9 Å². The smallest absolute Gasteiger partial charge is 0.309 e. The van der Waals surface area contributed by atoms with Crippen LogP contribution in [0.15, 0.2) is 4.99 Å². The molecule has 0 aromatic carbocycles. The summed E-state index contributed by atoms with van der Waals surface area (Å²) in [6, 6.07) is 0. The third kappa shape index (κ3) is 5.91. The summed E-state index contributed by atoms with van der Waals surface area (Å²) in [6.07, 6.45) is 1.80. The van der Waals surface area contributed by atoms with E-state index in [1.165, 1.54) is 7.11 Å². The molecule has 1 aliphatic heterocycles. The molecule has 1 saturated heterocycles. The van der Waals surface area contributed by atoms with E-state index in [0.29, 0.717) is 13.2 Å². The summed E-state index contributed by atoms with van der Waals surface area (Å²) in [6.45, 7) is 6.92. The molecule has 0 radical (unpaired) electrons. The minimum absolute atomic E-state index is 0.0193. The lowest BCUT2D eigenvalue weighted by Gasteiger charge is -2.33. The van der Waals surface area contributed by atoms with Gasteiger partial charge in [-0.2, -0.15) is 0 Å². The van der Waals surface area contributed by atoms with Crippen molar-refractivity contribution in [3.8, 4) is 0 Å². The Morgan fingerprint density at radius 3 is 2.50 bits per heavy atom. The molecule has 1 rings (SSSR count). The first-order chi connectivity index (χ1) is 10.6. The number of ether oxygens (including phenoxy) is 2. The summed E-state index contributed by atoms with van der Waals surface area (Å²) in [5.74, 6) is 0.401. The normalized spacial score (nSPS) is 16.3.